The minimum absolute atomic E-state index is 0.0323. The first-order chi connectivity index (χ1) is 18.2. The highest BCUT2D eigenvalue weighted by atomic mass is 16.1. The first-order valence-corrected chi connectivity index (χ1v) is 13.5. The van der Waals surface area contributed by atoms with Gasteiger partial charge in [-0.2, -0.15) is 0 Å². The highest BCUT2D eigenvalue weighted by Crippen LogP contribution is 2.43. The number of amides is 1. The number of hydrogen-bond acceptors (Lipinski definition) is 4. The summed E-state index contributed by atoms with van der Waals surface area (Å²) in [6.45, 7) is 13.9. The van der Waals surface area contributed by atoms with Gasteiger partial charge >= 0.3 is 0 Å². The van der Waals surface area contributed by atoms with E-state index in [4.69, 9.17) is 4.99 Å². The molecular weight excluding hydrogens is 468 g/mol. The lowest BCUT2D eigenvalue weighted by molar-refractivity contribution is -0.120. The van der Waals surface area contributed by atoms with E-state index in [0.717, 1.165) is 17.0 Å². The maximum Gasteiger partial charge on any atom is 0.224 e. The minimum atomic E-state index is 0.0323. The van der Waals surface area contributed by atoms with Crippen molar-refractivity contribution in [1.29, 1.82) is 0 Å². The summed E-state index contributed by atoms with van der Waals surface area (Å²) in [6.07, 6.45) is 11.1. The Hall–Kier alpha value is -3.86. The fourth-order valence-electron chi connectivity index (χ4n) is 6.03. The maximum absolute atomic E-state index is 12.6. The number of aliphatic imine (C=N–C) groups is 1. The van der Waals surface area contributed by atoms with Crippen LogP contribution in [0.5, 0.6) is 0 Å². The summed E-state index contributed by atoms with van der Waals surface area (Å²) in [5, 5.41) is 6.83. The third kappa shape index (κ3) is 4.98. The highest BCUT2D eigenvalue weighted by molar-refractivity contribution is 6.05. The smallest absolute Gasteiger partial charge is 0.224 e. The van der Waals surface area contributed by atoms with Crippen molar-refractivity contribution in [3.8, 4) is 0 Å². The van der Waals surface area contributed by atoms with Gasteiger partial charge in [0.2, 0.25) is 5.91 Å². The molecular formula is C33H38N4O. The first kappa shape index (κ1) is 25.8. The number of carbonyl (C=O) groups is 1. The summed E-state index contributed by atoms with van der Waals surface area (Å²) >= 11 is 0. The van der Waals surface area contributed by atoms with Gasteiger partial charge < -0.3 is 15.5 Å². The van der Waals surface area contributed by atoms with Crippen molar-refractivity contribution in [2.24, 2.45) is 4.99 Å². The Morgan fingerprint density at radius 1 is 0.974 bits per heavy atom. The number of hydrogen-bond donors (Lipinski definition) is 2. The van der Waals surface area contributed by atoms with Gasteiger partial charge in [0.1, 0.15) is 0 Å². The molecule has 2 unspecified atom stereocenters. The van der Waals surface area contributed by atoms with E-state index in [9.17, 15) is 4.79 Å². The summed E-state index contributed by atoms with van der Waals surface area (Å²) < 4.78 is 0. The number of rotatable bonds is 6. The van der Waals surface area contributed by atoms with Crippen molar-refractivity contribution in [3.05, 3.63) is 111 Å². The quantitative estimate of drug-likeness (QED) is 0.517. The molecule has 0 bridgehead atoms. The van der Waals surface area contributed by atoms with Crippen LogP contribution in [-0.2, 0) is 11.2 Å². The lowest BCUT2D eigenvalue weighted by atomic mass is 9.85. The zero-order chi connectivity index (χ0) is 27.0. The van der Waals surface area contributed by atoms with Crippen LogP contribution in [0.25, 0.3) is 5.57 Å². The third-order valence-corrected chi connectivity index (χ3v) is 7.75. The summed E-state index contributed by atoms with van der Waals surface area (Å²) in [6, 6.07) is 10.9. The average Bonchev–Trinajstić information content (AvgIpc) is 3.17. The molecule has 3 heterocycles. The second-order valence-electron chi connectivity index (χ2n) is 10.8. The van der Waals surface area contributed by atoms with Crippen LogP contribution in [0.1, 0.15) is 45.9 Å². The van der Waals surface area contributed by atoms with Gasteiger partial charge in [0.05, 0.1) is 30.8 Å². The molecule has 0 fully saturated rings. The highest BCUT2D eigenvalue weighted by Gasteiger charge is 2.44. The molecule has 0 radical (unpaired) electrons. The fourth-order valence-corrected chi connectivity index (χ4v) is 6.03. The molecule has 0 aliphatic carbocycles. The van der Waals surface area contributed by atoms with Crippen LogP contribution in [0.3, 0.4) is 0 Å². The molecule has 2 aromatic rings. The molecule has 0 saturated carbocycles. The van der Waals surface area contributed by atoms with Gasteiger partial charge in [0.15, 0.2) is 0 Å². The van der Waals surface area contributed by atoms with Gasteiger partial charge in [-0.15, -0.1) is 0 Å². The van der Waals surface area contributed by atoms with Gasteiger partial charge in [0, 0.05) is 29.7 Å². The Morgan fingerprint density at radius 2 is 1.74 bits per heavy atom. The summed E-state index contributed by atoms with van der Waals surface area (Å²) in [5.41, 5.74) is 13.4. The topological polar surface area (TPSA) is 56.7 Å². The van der Waals surface area contributed by atoms with Crippen molar-refractivity contribution in [2.45, 2.75) is 60.0 Å². The molecule has 2 aromatic carbocycles. The lowest BCUT2D eigenvalue weighted by Gasteiger charge is -2.35. The number of nitrogens with zero attached hydrogens (tertiary/aromatic N) is 2. The van der Waals surface area contributed by atoms with Crippen molar-refractivity contribution in [1.82, 2.24) is 15.5 Å². The molecule has 38 heavy (non-hydrogen) atoms. The van der Waals surface area contributed by atoms with E-state index in [1.54, 1.807) is 0 Å². The molecule has 3 aliphatic rings. The molecule has 0 saturated heterocycles. The SMILES string of the molecule is CC1=CC(=NCCNC(=O)Cc2ccc(C)c(C)c2)C2C(N1)C(c1c(C)cc(C)cc1C)=C1C=CC=CN12. The Kier molecular flexibility index (Phi) is 7.11. The van der Waals surface area contributed by atoms with E-state index < -0.39 is 0 Å². The zero-order valence-electron chi connectivity index (χ0n) is 23.4. The van der Waals surface area contributed by atoms with Crippen molar-refractivity contribution >= 4 is 17.2 Å². The van der Waals surface area contributed by atoms with Crippen LogP contribution in [0.15, 0.2) is 77.2 Å². The summed E-state index contributed by atoms with van der Waals surface area (Å²) in [5.74, 6) is 0.0323. The normalized spacial score (nSPS) is 20.8. The second-order valence-corrected chi connectivity index (χ2v) is 10.8. The van der Waals surface area contributed by atoms with Crippen LogP contribution in [-0.4, -0.2) is 41.7 Å². The van der Waals surface area contributed by atoms with Crippen molar-refractivity contribution < 1.29 is 4.79 Å². The van der Waals surface area contributed by atoms with Crippen molar-refractivity contribution in [2.75, 3.05) is 13.1 Å². The summed E-state index contributed by atoms with van der Waals surface area (Å²) in [4.78, 5) is 19.9. The summed E-state index contributed by atoms with van der Waals surface area (Å²) in [7, 11) is 0. The predicted octanol–water partition coefficient (Wildman–Crippen LogP) is 5.38. The zero-order valence-corrected chi connectivity index (χ0v) is 23.4. The monoisotopic (exact) mass is 506 g/mol. The molecule has 196 valence electrons. The number of fused-ring (bicyclic) bond motifs is 3. The molecule has 2 N–H and O–H groups in total. The molecule has 0 spiro atoms. The van der Waals surface area contributed by atoms with Crippen molar-refractivity contribution in [3.63, 3.8) is 0 Å². The van der Waals surface area contributed by atoms with Crippen LogP contribution in [0, 0.1) is 34.6 Å². The second kappa shape index (κ2) is 10.5. The van der Waals surface area contributed by atoms with Crippen LogP contribution < -0.4 is 10.6 Å². The van der Waals surface area contributed by atoms with Gasteiger partial charge in [-0.3, -0.25) is 9.79 Å². The van der Waals surface area contributed by atoms with Gasteiger partial charge in [-0.05, 0) is 93.2 Å². The predicted molar refractivity (Wildman–Crippen MR) is 157 cm³/mol. The van der Waals surface area contributed by atoms with E-state index >= 15 is 0 Å². The molecule has 2 atom stereocenters. The van der Waals surface area contributed by atoms with Gasteiger partial charge in [-0.25, -0.2) is 0 Å². The number of aryl methyl sites for hydroxylation is 5. The number of benzene rings is 2. The van der Waals surface area contributed by atoms with E-state index in [-0.39, 0.29) is 18.0 Å². The van der Waals surface area contributed by atoms with E-state index in [0.29, 0.717) is 19.5 Å². The molecule has 3 aliphatic heterocycles. The molecule has 5 rings (SSSR count). The van der Waals surface area contributed by atoms with Gasteiger partial charge in [0.25, 0.3) is 0 Å². The fraction of sp³-hybridized carbons (Fsp3) is 0.333. The molecule has 0 aromatic heterocycles. The van der Waals surface area contributed by atoms with E-state index in [2.05, 4.69) is 112 Å². The van der Waals surface area contributed by atoms with E-state index in [1.165, 1.54) is 44.7 Å². The minimum Gasteiger partial charge on any atom is -0.379 e. The number of nitrogens with one attached hydrogen (secondary N) is 2. The molecule has 5 heteroatoms. The standard InChI is InChI=1S/C33H38N4O/c1-20-15-23(4)30(24(5)16-20)31-28-9-7-8-14-37(28)33-27(18-25(6)36-32(31)33)34-12-13-35-29(38)19-26-11-10-21(2)22(3)17-26/h7-11,14-18,32-33,36H,12-13,19H2,1-6H3,(H,35,38). The molecule has 5 nitrogen and oxygen atoms in total. The Morgan fingerprint density at radius 3 is 2.47 bits per heavy atom. The largest absolute Gasteiger partial charge is 0.379 e. The van der Waals surface area contributed by atoms with Crippen LogP contribution >= 0.6 is 0 Å². The number of allylic oxidation sites excluding steroid dienone is 4. The van der Waals surface area contributed by atoms with Gasteiger partial charge in [-0.1, -0.05) is 42.0 Å². The van der Waals surface area contributed by atoms with Crippen LogP contribution in [0.2, 0.25) is 0 Å². The lowest BCUT2D eigenvalue weighted by Crippen LogP contribution is -2.50. The first-order valence-electron chi connectivity index (χ1n) is 13.5. The van der Waals surface area contributed by atoms with E-state index in [1.807, 2.05) is 6.07 Å². The Balaban J connectivity index is 1.35. The van der Waals surface area contributed by atoms with Crippen LogP contribution in [0.4, 0.5) is 0 Å². The Bertz CT molecular complexity index is 1420. The average molecular weight is 507 g/mol. The Labute approximate surface area is 226 Å². The number of carbonyl (C=O) groups excluding carboxylic acids is 1. The third-order valence-electron chi connectivity index (χ3n) is 7.75. The molecule has 1 amide bonds. The maximum atomic E-state index is 12.6.